The van der Waals surface area contributed by atoms with Crippen LogP contribution in [0.15, 0.2) is 0 Å². The third kappa shape index (κ3) is 4.01. The standard InChI is InChI=1S/2C10H18/c2*1-2-6-10-8-4-3-7-9(10)5-1/h2*9-10H,1-8H2. The summed E-state index contributed by atoms with van der Waals surface area (Å²) in [5.41, 5.74) is 0. The zero-order chi connectivity index (χ0) is 13.6. The van der Waals surface area contributed by atoms with Gasteiger partial charge in [0.25, 0.3) is 0 Å². The van der Waals surface area contributed by atoms with Gasteiger partial charge in [-0.1, -0.05) is 103 Å². The first-order valence-corrected chi connectivity index (χ1v) is 9.93. The molecule has 0 radical (unpaired) electrons. The van der Waals surface area contributed by atoms with Crippen molar-refractivity contribution < 1.29 is 0 Å². The summed E-state index contributed by atoms with van der Waals surface area (Å²) in [6, 6.07) is 0. The molecule has 0 heteroatoms. The topological polar surface area (TPSA) is 0 Å². The van der Waals surface area contributed by atoms with Gasteiger partial charge in [-0.05, 0) is 23.7 Å². The van der Waals surface area contributed by atoms with Crippen molar-refractivity contribution in [2.24, 2.45) is 23.7 Å². The quantitative estimate of drug-likeness (QED) is 0.460. The molecule has 0 spiro atoms. The zero-order valence-electron chi connectivity index (χ0n) is 13.6. The maximum atomic E-state index is 1.56. The molecule has 4 rings (SSSR count). The zero-order valence-corrected chi connectivity index (χ0v) is 13.6. The molecule has 20 heavy (non-hydrogen) atoms. The van der Waals surface area contributed by atoms with E-state index in [2.05, 4.69) is 0 Å². The molecule has 0 unspecified atom stereocenters. The number of hydrogen-bond donors (Lipinski definition) is 0. The van der Waals surface area contributed by atoms with Crippen LogP contribution < -0.4 is 0 Å². The van der Waals surface area contributed by atoms with E-state index in [1.165, 1.54) is 51.4 Å². The Kier molecular flexibility index (Phi) is 5.86. The Labute approximate surface area is 127 Å². The van der Waals surface area contributed by atoms with Crippen LogP contribution >= 0.6 is 0 Å². The third-order valence-corrected chi connectivity index (χ3v) is 6.93. The monoisotopic (exact) mass is 276 g/mol. The minimum atomic E-state index is 1.16. The molecule has 4 fully saturated rings. The van der Waals surface area contributed by atoms with E-state index in [0.717, 1.165) is 23.7 Å². The van der Waals surface area contributed by atoms with Crippen molar-refractivity contribution in [1.29, 1.82) is 0 Å². The van der Waals surface area contributed by atoms with Crippen LogP contribution in [0, 0.1) is 23.7 Å². The first kappa shape index (κ1) is 14.9. The molecule has 0 aromatic heterocycles. The van der Waals surface area contributed by atoms with Gasteiger partial charge in [-0.3, -0.25) is 0 Å². The highest BCUT2D eigenvalue weighted by molar-refractivity contribution is 4.79. The molecule has 0 atom stereocenters. The van der Waals surface area contributed by atoms with Gasteiger partial charge in [-0.25, -0.2) is 0 Å². The molecule has 4 aliphatic carbocycles. The smallest absolute Gasteiger partial charge is 0.0386 e. The lowest BCUT2D eigenvalue weighted by molar-refractivity contribution is 0.171. The second-order valence-electron chi connectivity index (χ2n) is 8.18. The summed E-state index contributed by atoms with van der Waals surface area (Å²) in [6.45, 7) is 0. The number of hydrogen-bond acceptors (Lipinski definition) is 0. The summed E-state index contributed by atoms with van der Waals surface area (Å²) < 4.78 is 0. The number of rotatable bonds is 0. The lowest BCUT2D eigenvalue weighted by atomic mass is 9.71. The predicted octanol–water partition coefficient (Wildman–Crippen LogP) is 6.73. The van der Waals surface area contributed by atoms with Gasteiger partial charge in [0, 0.05) is 0 Å². The van der Waals surface area contributed by atoms with Crippen molar-refractivity contribution in [2.75, 3.05) is 0 Å². The maximum absolute atomic E-state index is 1.56. The molecule has 4 saturated carbocycles. The minimum absolute atomic E-state index is 1.16. The molecule has 116 valence electrons. The fraction of sp³-hybridized carbons (Fsp3) is 1.00. The van der Waals surface area contributed by atoms with Crippen molar-refractivity contribution in [2.45, 2.75) is 103 Å². The Balaban J connectivity index is 0.000000121. The van der Waals surface area contributed by atoms with E-state index >= 15 is 0 Å². The average Bonchev–Trinajstić information content (AvgIpc) is 2.56. The van der Waals surface area contributed by atoms with Crippen molar-refractivity contribution in [3.8, 4) is 0 Å². The Morgan fingerprint density at radius 3 is 0.550 bits per heavy atom. The van der Waals surface area contributed by atoms with Gasteiger partial charge in [-0.2, -0.15) is 0 Å². The van der Waals surface area contributed by atoms with Gasteiger partial charge in [0.2, 0.25) is 0 Å². The van der Waals surface area contributed by atoms with Crippen LogP contribution in [0.2, 0.25) is 0 Å². The van der Waals surface area contributed by atoms with Gasteiger partial charge < -0.3 is 0 Å². The molecule has 0 nitrogen and oxygen atoms in total. The minimum Gasteiger partial charge on any atom is -0.0530 e. The van der Waals surface area contributed by atoms with Crippen LogP contribution in [0.1, 0.15) is 103 Å². The summed E-state index contributed by atoms with van der Waals surface area (Å²) in [5.74, 6) is 4.62. The van der Waals surface area contributed by atoms with E-state index in [4.69, 9.17) is 0 Å². The molecular weight excluding hydrogens is 240 g/mol. The second-order valence-corrected chi connectivity index (χ2v) is 8.18. The molecule has 0 aliphatic heterocycles. The molecular formula is C20H36. The molecule has 0 saturated heterocycles. The molecule has 0 N–H and O–H groups in total. The van der Waals surface area contributed by atoms with Gasteiger partial charge in [-0.15, -0.1) is 0 Å². The summed E-state index contributed by atoms with van der Waals surface area (Å²) in [6.07, 6.45) is 24.7. The van der Waals surface area contributed by atoms with Gasteiger partial charge in [0.05, 0.1) is 0 Å². The highest BCUT2D eigenvalue weighted by Gasteiger charge is 2.27. The van der Waals surface area contributed by atoms with E-state index < -0.39 is 0 Å². The third-order valence-electron chi connectivity index (χ3n) is 6.93. The van der Waals surface area contributed by atoms with Crippen molar-refractivity contribution >= 4 is 0 Å². The van der Waals surface area contributed by atoms with E-state index in [-0.39, 0.29) is 0 Å². The normalized spacial score (nSPS) is 40.8. The van der Waals surface area contributed by atoms with E-state index in [1.54, 1.807) is 51.4 Å². The summed E-state index contributed by atoms with van der Waals surface area (Å²) in [7, 11) is 0. The molecule has 0 heterocycles. The maximum Gasteiger partial charge on any atom is -0.0386 e. The largest absolute Gasteiger partial charge is 0.0530 e. The lowest BCUT2D eigenvalue weighted by Gasteiger charge is -2.35. The van der Waals surface area contributed by atoms with Crippen LogP contribution in [0.5, 0.6) is 0 Å². The summed E-state index contributed by atoms with van der Waals surface area (Å²) in [4.78, 5) is 0. The first-order chi connectivity index (χ1) is 9.93. The van der Waals surface area contributed by atoms with Crippen molar-refractivity contribution in [1.82, 2.24) is 0 Å². The van der Waals surface area contributed by atoms with Gasteiger partial charge in [0.1, 0.15) is 0 Å². The fourth-order valence-corrected chi connectivity index (χ4v) is 5.72. The molecule has 4 aliphatic rings. The molecule has 0 bridgehead atoms. The van der Waals surface area contributed by atoms with Crippen molar-refractivity contribution in [3.05, 3.63) is 0 Å². The first-order valence-electron chi connectivity index (χ1n) is 9.93. The van der Waals surface area contributed by atoms with E-state index in [9.17, 15) is 0 Å². The van der Waals surface area contributed by atoms with E-state index in [1.807, 2.05) is 0 Å². The van der Waals surface area contributed by atoms with Crippen LogP contribution in [0.25, 0.3) is 0 Å². The van der Waals surface area contributed by atoms with Gasteiger partial charge >= 0.3 is 0 Å². The predicted molar refractivity (Wildman–Crippen MR) is 87.8 cm³/mol. The van der Waals surface area contributed by atoms with Crippen LogP contribution in [-0.4, -0.2) is 0 Å². The Bertz CT molecular complexity index is 189. The SMILES string of the molecule is C1CCC2CCCCC2C1.C1CCC2CCCCC2C1. The second kappa shape index (κ2) is 7.85. The van der Waals surface area contributed by atoms with E-state index in [0.29, 0.717) is 0 Å². The summed E-state index contributed by atoms with van der Waals surface area (Å²) >= 11 is 0. The number of fused-ring (bicyclic) bond motifs is 2. The Morgan fingerprint density at radius 2 is 0.400 bits per heavy atom. The lowest BCUT2D eigenvalue weighted by Crippen LogP contribution is -2.22. The molecule has 0 amide bonds. The highest BCUT2D eigenvalue weighted by Crippen LogP contribution is 2.40. The van der Waals surface area contributed by atoms with Crippen molar-refractivity contribution in [3.63, 3.8) is 0 Å². The Morgan fingerprint density at radius 1 is 0.250 bits per heavy atom. The van der Waals surface area contributed by atoms with Gasteiger partial charge in [0.15, 0.2) is 0 Å². The average molecular weight is 277 g/mol. The Hall–Kier alpha value is 0. The van der Waals surface area contributed by atoms with Crippen LogP contribution in [0.4, 0.5) is 0 Å². The van der Waals surface area contributed by atoms with Crippen LogP contribution in [-0.2, 0) is 0 Å². The highest BCUT2D eigenvalue weighted by atomic mass is 14.3. The molecule has 0 aromatic carbocycles. The molecule has 0 aromatic rings. The summed E-state index contributed by atoms with van der Waals surface area (Å²) in [5, 5.41) is 0. The van der Waals surface area contributed by atoms with Crippen LogP contribution in [0.3, 0.4) is 0 Å². The fourth-order valence-electron chi connectivity index (χ4n) is 5.72.